The molecule has 16 heavy (non-hydrogen) atoms. The van der Waals surface area contributed by atoms with E-state index in [1.54, 1.807) is 18.2 Å². The van der Waals surface area contributed by atoms with E-state index in [-0.39, 0.29) is 6.42 Å². The second-order valence-electron chi connectivity index (χ2n) is 3.21. The SMILES string of the molecule is COC(=O)c1cccc2[nH]c(CC#N)nc12. The lowest BCUT2D eigenvalue weighted by Gasteiger charge is -1.98. The minimum absolute atomic E-state index is 0.190. The molecule has 0 bridgehead atoms. The molecule has 0 fully saturated rings. The van der Waals surface area contributed by atoms with Crippen molar-refractivity contribution in [2.75, 3.05) is 7.11 Å². The number of hydrogen-bond acceptors (Lipinski definition) is 4. The van der Waals surface area contributed by atoms with E-state index >= 15 is 0 Å². The van der Waals surface area contributed by atoms with E-state index in [0.717, 1.165) is 5.52 Å². The minimum Gasteiger partial charge on any atom is -0.465 e. The first-order chi connectivity index (χ1) is 7.76. The van der Waals surface area contributed by atoms with Crippen LogP contribution in [-0.4, -0.2) is 23.0 Å². The fourth-order valence-electron chi connectivity index (χ4n) is 1.52. The van der Waals surface area contributed by atoms with Gasteiger partial charge in [0.25, 0.3) is 0 Å². The number of esters is 1. The second-order valence-corrected chi connectivity index (χ2v) is 3.21. The zero-order chi connectivity index (χ0) is 11.5. The van der Waals surface area contributed by atoms with Crippen LogP contribution in [0.2, 0.25) is 0 Å². The molecule has 0 aliphatic carbocycles. The number of para-hydroxylation sites is 1. The van der Waals surface area contributed by atoms with E-state index in [1.807, 2.05) is 6.07 Å². The highest BCUT2D eigenvalue weighted by atomic mass is 16.5. The monoisotopic (exact) mass is 215 g/mol. The Morgan fingerprint density at radius 3 is 3.12 bits per heavy atom. The molecule has 1 heterocycles. The van der Waals surface area contributed by atoms with E-state index in [2.05, 4.69) is 14.7 Å². The van der Waals surface area contributed by atoms with Crippen molar-refractivity contribution in [3.8, 4) is 6.07 Å². The van der Waals surface area contributed by atoms with Crippen LogP contribution in [-0.2, 0) is 11.2 Å². The molecule has 0 radical (unpaired) electrons. The first-order valence-corrected chi connectivity index (χ1v) is 4.69. The Morgan fingerprint density at radius 1 is 1.62 bits per heavy atom. The summed E-state index contributed by atoms with van der Waals surface area (Å²) in [5, 5.41) is 8.57. The van der Waals surface area contributed by atoms with Gasteiger partial charge in [0.1, 0.15) is 11.3 Å². The topological polar surface area (TPSA) is 78.8 Å². The lowest BCUT2D eigenvalue weighted by atomic mass is 10.2. The first-order valence-electron chi connectivity index (χ1n) is 4.69. The molecular formula is C11H9N3O2. The number of carbonyl (C=O) groups is 1. The molecule has 0 atom stereocenters. The van der Waals surface area contributed by atoms with Crippen LogP contribution >= 0.6 is 0 Å². The number of methoxy groups -OCH3 is 1. The van der Waals surface area contributed by atoms with Crippen LogP contribution in [0.1, 0.15) is 16.2 Å². The Morgan fingerprint density at radius 2 is 2.44 bits per heavy atom. The van der Waals surface area contributed by atoms with Crippen LogP contribution in [0.3, 0.4) is 0 Å². The van der Waals surface area contributed by atoms with Crippen LogP contribution in [0.4, 0.5) is 0 Å². The maximum atomic E-state index is 11.5. The molecule has 5 heteroatoms. The van der Waals surface area contributed by atoms with Crippen LogP contribution in [0.15, 0.2) is 18.2 Å². The van der Waals surface area contributed by atoms with E-state index in [9.17, 15) is 4.79 Å². The van der Waals surface area contributed by atoms with Crippen molar-refractivity contribution in [2.24, 2.45) is 0 Å². The number of aromatic amines is 1. The molecule has 0 aliphatic heterocycles. The minimum atomic E-state index is -0.430. The number of H-pyrrole nitrogens is 1. The number of rotatable bonds is 2. The third-order valence-corrected chi connectivity index (χ3v) is 2.21. The molecule has 0 saturated carbocycles. The van der Waals surface area contributed by atoms with Gasteiger partial charge in [-0.05, 0) is 12.1 Å². The smallest absolute Gasteiger partial charge is 0.340 e. The van der Waals surface area contributed by atoms with Gasteiger partial charge in [-0.3, -0.25) is 0 Å². The fourth-order valence-corrected chi connectivity index (χ4v) is 1.52. The Kier molecular flexibility index (Phi) is 2.56. The van der Waals surface area contributed by atoms with Crippen molar-refractivity contribution in [2.45, 2.75) is 6.42 Å². The van der Waals surface area contributed by atoms with E-state index in [1.165, 1.54) is 7.11 Å². The van der Waals surface area contributed by atoms with E-state index < -0.39 is 5.97 Å². The molecule has 2 aromatic rings. The number of nitriles is 1. The number of hydrogen-bond donors (Lipinski definition) is 1. The van der Waals surface area contributed by atoms with Gasteiger partial charge in [-0.25, -0.2) is 9.78 Å². The van der Waals surface area contributed by atoms with Crippen molar-refractivity contribution in [3.63, 3.8) is 0 Å². The molecule has 2 rings (SSSR count). The fraction of sp³-hybridized carbons (Fsp3) is 0.182. The molecule has 1 aromatic carbocycles. The van der Waals surface area contributed by atoms with Crippen molar-refractivity contribution < 1.29 is 9.53 Å². The van der Waals surface area contributed by atoms with Gasteiger partial charge in [0.15, 0.2) is 0 Å². The highest BCUT2D eigenvalue weighted by Gasteiger charge is 2.13. The number of carbonyl (C=O) groups excluding carboxylic acids is 1. The van der Waals surface area contributed by atoms with Gasteiger partial charge in [0.05, 0.1) is 30.7 Å². The van der Waals surface area contributed by atoms with Crippen molar-refractivity contribution in [1.82, 2.24) is 9.97 Å². The average molecular weight is 215 g/mol. The van der Waals surface area contributed by atoms with Gasteiger partial charge >= 0.3 is 5.97 Å². The van der Waals surface area contributed by atoms with Gasteiger partial charge in [0, 0.05) is 0 Å². The van der Waals surface area contributed by atoms with Crippen LogP contribution in [0.5, 0.6) is 0 Å². The Labute approximate surface area is 91.7 Å². The molecule has 0 aliphatic rings. The molecular weight excluding hydrogens is 206 g/mol. The molecule has 80 valence electrons. The van der Waals surface area contributed by atoms with Crippen molar-refractivity contribution in [3.05, 3.63) is 29.6 Å². The molecule has 1 N–H and O–H groups in total. The van der Waals surface area contributed by atoms with Gasteiger partial charge in [-0.2, -0.15) is 5.26 Å². The quantitative estimate of drug-likeness (QED) is 0.768. The summed E-state index contributed by atoms with van der Waals surface area (Å²) in [6.07, 6.45) is 0.190. The maximum Gasteiger partial charge on any atom is 0.340 e. The zero-order valence-corrected chi connectivity index (χ0v) is 8.65. The number of nitrogens with one attached hydrogen (secondary N) is 1. The number of imidazole rings is 1. The highest BCUT2D eigenvalue weighted by molar-refractivity contribution is 6.01. The number of benzene rings is 1. The van der Waals surface area contributed by atoms with E-state index in [0.29, 0.717) is 16.9 Å². The molecule has 0 unspecified atom stereocenters. The third-order valence-electron chi connectivity index (χ3n) is 2.21. The molecule has 0 saturated heterocycles. The normalized spacial score (nSPS) is 10.0. The zero-order valence-electron chi connectivity index (χ0n) is 8.65. The van der Waals surface area contributed by atoms with Gasteiger partial charge in [0.2, 0.25) is 0 Å². The third kappa shape index (κ3) is 1.61. The lowest BCUT2D eigenvalue weighted by Crippen LogP contribution is -2.01. The summed E-state index contributed by atoms with van der Waals surface area (Å²) in [7, 11) is 1.32. The predicted molar refractivity (Wildman–Crippen MR) is 56.8 cm³/mol. The number of nitrogens with zero attached hydrogens (tertiary/aromatic N) is 2. The summed E-state index contributed by atoms with van der Waals surface area (Å²) in [6.45, 7) is 0. The Balaban J connectivity index is 2.59. The summed E-state index contributed by atoms with van der Waals surface area (Å²) in [5.74, 6) is 0.120. The largest absolute Gasteiger partial charge is 0.465 e. The Bertz CT molecular complexity index is 580. The summed E-state index contributed by atoms with van der Waals surface area (Å²) in [6, 6.07) is 7.18. The molecule has 0 amide bonds. The standard InChI is InChI=1S/C11H9N3O2/c1-16-11(15)7-3-2-4-8-10(7)14-9(13-8)5-6-12/h2-4H,5H2,1H3,(H,13,14). The van der Waals surface area contributed by atoms with Gasteiger partial charge in [-0.1, -0.05) is 6.07 Å². The number of aromatic nitrogens is 2. The second kappa shape index (κ2) is 4.03. The van der Waals surface area contributed by atoms with Crippen LogP contribution < -0.4 is 0 Å². The summed E-state index contributed by atoms with van der Waals surface area (Å²) in [5.41, 5.74) is 1.67. The molecule has 5 nitrogen and oxygen atoms in total. The first kappa shape index (κ1) is 10.2. The Hall–Kier alpha value is -2.35. The predicted octanol–water partition coefficient (Wildman–Crippen LogP) is 1.42. The lowest BCUT2D eigenvalue weighted by molar-refractivity contribution is 0.0603. The average Bonchev–Trinajstić information content (AvgIpc) is 2.70. The maximum absolute atomic E-state index is 11.5. The highest BCUT2D eigenvalue weighted by Crippen LogP contribution is 2.17. The van der Waals surface area contributed by atoms with Gasteiger partial charge in [-0.15, -0.1) is 0 Å². The van der Waals surface area contributed by atoms with Crippen LogP contribution in [0.25, 0.3) is 11.0 Å². The van der Waals surface area contributed by atoms with Crippen molar-refractivity contribution >= 4 is 17.0 Å². The van der Waals surface area contributed by atoms with Gasteiger partial charge < -0.3 is 9.72 Å². The summed E-state index contributed by atoms with van der Waals surface area (Å²) >= 11 is 0. The van der Waals surface area contributed by atoms with Crippen LogP contribution in [0, 0.1) is 11.3 Å². The number of ether oxygens (including phenoxy) is 1. The van der Waals surface area contributed by atoms with E-state index in [4.69, 9.17) is 5.26 Å². The van der Waals surface area contributed by atoms with Crippen molar-refractivity contribution in [1.29, 1.82) is 5.26 Å². The summed E-state index contributed by atoms with van der Waals surface area (Å²) < 4.78 is 4.66. The molecule has 1 aromatic heterocycles. The molecule has 0 spiro atoms. The number of fused-ring (bicyclic) bond motifs is 1. The summed E-state index contributed by atoms with van der Waals surface area (Å²) in [4.78, 5) is 18.6.